The van der Waals surface area contributed by atoms with Gasteiger partial charge < -0.3 is 14.5 Å². The number of carbonyl (C=O) groups excluding carboxylic acids is 3. The third-order valence-corrected chi connectivity index (χ3v) is 7.13. The first kappa shape index (κ1) is 23.0. The zero-order valence-corrected chi connectivity index (χ0v) is 19.4. The molecule has 1 aliphatic heterocycles. The summed E-state index contributed by atoms with van der Waals surface area (Å²) < 4.78 is 5.46. The quantitative estimate of drug-likeness (QED) is 0.623. The first-order valence-electron chi connectivity index (χ1n) is 11.8. The first-order valence-corrected chi connectivity index (χ1v) is 11.8. The van der Waals surface area contributed by atoms with Crippen molar-refractivity contribution < 1.29 is 19.1 Å². The molecular formula is C27H32N2O4. The lowest BCUT2D eigenvalue weighted by Crippen LogP contribution is -2.43. The van der Waals surface area contributed by atoms with Gasteiger partial charge in [0.1, 0.15) is 0 Å². The van der Waals surface area contributed by atoms with E-state index in [0.29, 0.717) is 19.4 Å². The number of esters is 1. The third-order valence-electron chi connectivity index (χ3n) is 7.13. The zero-order valence-electron chi connectivity index (χ0n) is 19.4. The fourth-order valence-electron chi connectivity index (χ4n) is 4.99. The number of hydrogen-bond acceptors (Lipinski definition) is 4. The van der Waals surface area contributed by atoms with Gasteiger partial charge in [-0.1, -0.05) is 61.4 Å². The van der Waals surface area contributed by atoms with Crippen LogP contribution in [0.2, 0.25) is 0 Å². The molecule has 1 heterocycles. The highest BCUT2D eigenvalue weighted by Gasteiger charge is 2.40. The number of anilines is 1. The van der Waals surface area contributed by atoms with Gasteiger partial charge in [0.15, 0.2) is 6.61 Å². The molecule has 1 aliphatic carbocycles. The average Bonchev–Trinajstić information content (AvgIpc) is 3.30. The molecule has 2 aliphatic rings. The molecule has 1 fully saturated rings. The average molecular weight is 449 g/mol. The molecule has 0 N–H and O–H groups in total. The second kappa shape index (κ2) is 10.2. The number of benzene rings is 2. The topological polar surface area (TPSA) is 66.9 Å². The van der Waals surface area contributed by atoms with Gasteiger partial charge in [0.25, 0.3) is 5.91 Å². The number of likely N-dealkylation sites (N-methyl/N-ethyl adjacent to an activating group) is 1. The fraction of sp³-hybridized carbons (Fsp3) is 0.444. The molecule has 6 nitrogen and oxygen atoms in total. The highest BCUT2D eigenvalue weighted by molar-refractivity contribution is 5.99. The van der Waals surface area contributed by atoms with E-state index in [-0.39, 0.29) is 24.5 Å². The summed E-state index contributed by atoms with van der Waals surface area (Å²) in [5, 5.41) is 0. The third kappa shape index (κ3) is 4.95. The molecule has 33 heavy (non-hydrogen) atoms. The van der Waals surface area contributed by atoms with Gasteiger partial charge in [-0.15, -0.1) is 0 Å². The summed E-state index contributed by atoms with van der Waals surface area (Å²) in [6.07, 6.45) is 3.94. The maximum Gasteiger partial charge on any atom is 0.310 e. The van der Waals surface area contributed by atoms with Gasteiger partial charge in [-0.2, -0.15) is 0 Å². The Labute approximate surface area is 195 Å². The van der Waals surface area contributed by atoms with Gasteiger partial charge in [0.2, 0.25) is 5.91 Å². The molecule has 174 valence electrons. The van der Waals surface area contributed by atoms with Crippen LogP contribution in [-0.2, 0) is 25.5 Å². The minimum atomic E-state index is -0.497. The Morgan fingerprint density at radius 3 is 2.42 bits per heavy atom. The molecular weight excluding hydrogens is 416 g/mol. The van der Waals surface area contributed by atoms with E-state index in [0.717, 1.165) is 30.5 Å². The molecule has 0 spiro atoms. The minimum Gasteiger partial charge on any atom is -0.455 e. The number of para-hydroxylation sites is 1. The molecule has 0 saturated heterocycles. The van der Waals surface area contributed by atoms with Crippen molar-refractivity contribution in [1.29, 1.82) is 0 Å². The first-order chi connectivity index (χ1) is 16.0. The summed E-state index contributed by atoms with van der Waals surface area (Å²) in [7, 11) is 1.71. The zero-order chi connectivity index (χ0) is 23.4. The molecule has 1 saturated carbocycles. The van der Waals surface area contributed by atoms with Crippen molar-refractivity contribution in [1.82, 2.24) is 4.90 Å². The molecule has 2 aromatic carbocycles. The maximum absolute atomic E-state index is 13.4. The number of ether oxygens (including phenoxy) is 1. The van der Waals surface area contributed by atoms with Gasteiger partial charge in [0, 0.05) is 19.3 Å². The van der Waals surface area contributed by atoms with E-state index in [1.807, 2.05) is 66.4 Å². The van der Waals surface area contributed by atoms with E-state index in [2.05, 4.69) is 0 Å². The number of amides is 2. The molecule has 3 unspecified atom stereocenters. The highest BCUT2D eigenvalue weighted by Crippen LogP contribution is 2.36. The van der Waals surface area contributed by atoms with E-state index in [9.17, 15) is 14.4 Å². The largest absolute Gasteiger partial charge is 0.455 e. The molecule has 0 radical (unpaired) electrons. The van der Waals surface area contributed by atoms with Gasteiger partial charge in [-0.05, 0) is 43.4 Å². The summed E-state index contributed by atoms with van der Waals surface area (Å²) in [5.41, 5.74) is 3.14. The van der Waals surface area contributed by atoms with Crippen molar-refractivity contribution in [2.75, 3.05) is 25.1 Å². The standard InChI is InChI=1S/C27H32N2O4/c1-19(20-10-4-3-5-11-20)28(2)25(30)18-33-27(32)23-14-8-7-13-22(23)26(31)29-17-16-21-12-6-9-15-24(21)29/h3-6,9-12,15,19,22-23H,7-8,13-14,16-18H2,1-2H3. The number of fused-ring (bicyclic) bond motifs is 1. The summed E-state index contributed by atoms with van der Waals surface area (Å²) in [5.74, 6) is -1.58. The van der Waals surface area contributed by atoms with Crippen molar-refractivity contribution in [3.63, 3.8) is 0 Å². The summed E-state index contributed by atoms with van der Waals surface area (Å²) >= 11 is 0. The van der Waals surface area contributed by atoms with Crippen LogP contribution in [0.25, 0.3) is 0 Å². The van der Waals surface area contributed by atoms with Crippen LogP contribution in [0.1, 0.15) is 49.8 Å². The lowest BCUT2D eigenvalue weighted by atomic mass is 9.78. The van der Waals surface area contributed by atoms with Crippen LogP contribution in [0.5, 0.6) is 0 Å². The lowest BCUT2D eigenvalue weighted by molar-refractivity contribution is -0.159. The Hall–Kier alpha value is -3.15. The molecule has 3 atom stereocenters. The van der Waals surface area contributed by atoms with E-state index < -0.39 is 17.8 Å². The van der Waals surface area contributed by atoms with E-state index in [1.165, 1.54) is 5.56 Å². The Bertz CT molecular complexity index is 1010. The predicted molar refractivity (Wildman–Crippen MR) is 127 cm³/mol. The molecule has 4 rings (SSSR count). The van der Waals surface area contributed by atoms with Gasteiger partial charge >= 0.3 is 5.97 Å². The molecule has 0 bridgehead atoms. The smallest absolute Gasteiger partial charge is 0.310 e. The van der Waals surface area contributed by atoms with Crippen LogP contribution in [-0.4, -0.2) is 42.9 Å². The number of rotatable bonds is 6. The normalized spacial score (nSPS) is 20.6. The predicted octanol–water partition coefficient (Wildman–Crippen LogP) is 4.14. The van der Waals surface area contributed by atoms with Crippen LogP contribution in [0.15, 0.2) is 54.6 Å². The van der Waals surface area contributed by atoms with Crippen molar-refractivity contribution in [3.8, 4) is 0 Å². The Balaban J connectivity index is 1.37. The SMILES string of the molecule is CC(c1ccccc1)N(C)C(=O)COC(=O)C1CCCCC1C(=O)N1CCc2ccccc21. The van der Waals surface area contributed by atoms with Crippen LogP contribution in [0, 0.1) is 11.8 Å². The van der Waals surface area contributed by atoms with E-state index in [4.69, 9.17) is 4.74 Å². The summed E-state index contributed by atoms with van der Waals surface area (Å²) in [6.45, 7) is 2.28. The molecule has 2 aromatic rings. The molecule has 2 amide bonds. The van der Waals surface area contributed by atoms with Crippen LogP contribution in [0.4, 0.5) is 5.69 Å². The second-order valence-electron chi connectivity index (χ2n) is 9.07. The summed E-state index contributed by atoms with van der Waals surface area (Å²) in [6, 6.07) is 17.6. The van der Waals surface area contributed by atoms with Crippen molar-refractivity contribution >= 4 is 23.5 Å². The lowest BCUT2D eigenvalue weighted by Gasteiger charge is -2.32. The van der Waals surface area contributed by atoms with Gasteiger partial charge in [0.05, 0.1) is 17.9 Å². The Kier molecular flexibility index (Phi) is 7.11. The minimum absolute atomic E-state index is 0.00254. The number of carbonyl (C=O) groups is 3. The molecule has 0 aromatic heterocycles. The summed E-state index contributed by atoms with van der Waals surface area (Å²) in [4.78, 5) is 42.5. The number of nitrogens with zero attached hydrogens (tertiary/aromatic N) is 2. The fourth-order valence-corrected chi connectivity index (χ4v) is 4.99. The Morgan fingerprint density at radius 2 is 1.67 bits per heavy atom. The highest BCUT2D eigenvalue weighted by atomic mass is 16.5. The van der Waals surface area contributed by atoms with Crippen LogP contribution < -0.4 is 4.90 Å². The van der Waals surface area contributed by atoms with Crippen LogP contribution in [0.3, 0.4) is 0 Å². The number of hydrogen-bond donors (Lipinski definition) is 0. The van der Waals surface area contributed by atoms with E-state index >= 15 is 0 Å². The van der Waals surface area contributed by atoms with E-state index in [1.54, 1.807) is 11.9 Å². The van der Waals surface area contributed by atoms with Crippen molar-refractivity contribution in [2.45, 2.75) is 45.1 Å². The Morgan fingerprint density at radius 1 is 1.00 bits per heavy atom. The van der Waals surface area contributed by atoms with Crippen molar-refractivity contribution in [2.24, 2.45) is 11.8 Å². The van der Waals surface area contributed by atoms with Gasteiger partial charge in [-0.25, -0.2) is 0 Å². The second-order valence-corrected chi connectivity index (χ2v) is 9.07. The van der Waals surface area contributed by atoms with Crippen LogP contribution >= 0.6 is 0 Å². The van der Waals surface area contributed by atoms with Gasteiger partial charge in [-0.3, -0.25) is 14.4 Å². The monoisotopic (exact) mass is 448 g/mol. The maximum atomic E-state index is 13.4. The molecule has 6 heteroatoms. The van der Waals surface area contributed by atoms with Crippen molar-refractivity contribution in [3.05, 3.63) is 65.7 Å².